The Morgan fingerprint density at radius 1 is 1.00 bits per heavy atom. The van der Waals surface area contributed by atoms with Gasteiger partial charge in [0.25, 0.3) is 15.9 Å². The van der Waals surface area contributed by atoms with E-state index in [2.05, 4.69) is 10.0 Å². The average molecular weight is 725 g/mol. The number of nitrogens with one attached hydrogen (secondary N) is 2. The first-order chi connectivity index (χ1) is 24.3. The highest BCUT2D eigenvalue weighted by Gasteiger charge is 2.31. The summed E-state index contributed by atoms with van der Waals surface area (Å²) in [6, 6.07) is 15.4. The van der Waals surface area contributed by atoms with Gasteiger partial charge in [-0.05, 0) is 82.5 Å². The van der Waals surface area contributed by atoms with Crippen molar-refractivity contribution in [3.05, 3.63) is 71.8 Å². The first-order valence-corrected chi connectivity index (χ1v) is 18.7. The third-order valence-corrected chi connectivity index (χ3v) is 10.5. The zero-order valence-corrected chi connectivity index (χ0v) is 30.6. The molecule has 4 atom stereocenters. The average Bonchev–Trinajstić information content (AvgIpc) is 3.57. The molecule has 0 spiro atoms. The number of likely N-dealkylation sites (N-methyl/N-ethyl adjacent to an activating group) is 1. The molecule has 0 fully saturated rings. The van der Waals surface area contributed by atoms with Crippen LogP contribution in [0.4, 0.5) is 16.2 Å². The number of urea groups is 1. The fourth-order valence-corrected chi connectivity index (χ4v) is 6.98. The van der Waals surface area contributed by atoms with Gasteiger partial charge in [0, 0.05) is 50.1 Å². The number of aliphatic hydroxyl groups excluding tert-OH is 1. The number of anilines is 2. The second-order valence-corrected chi connectivity index (χ2v) is 15.0. The SMILES string of the molecule is Cc1ccc(S(=O)(=O)Nc2ccc3c(c2)C(=O)N([C@H](C)CO)C[C@H](C)[C@H](CN(C)C(=O)Nc2ccc4c(c2)OCO4)OCCCC[C@H](C)O3)cc1. The molecule has 3 aromatic carbocycles. The van der Waals surface area contributed by atoms with E-state index in [-0.39, 0.29) is 60.7 Å². The summed E-state index contributed by atoms with van der Waals surface area (Å²) in [5.41, 5.74) is 1.84. The number of hydrogen-bond acceptors (Lipinski definition) is 9. The normalized spacial score (nSPS) is 20.4. The van der Waals surface area contributed by atoms with Crippen molar-refractivity contribution in [1.82, 2.24) is 9.80 Å². The Morgan fingerprint density at radius 3 is 2.45 bits per heavy atom. The highest BCUT2D eigenvalue weighted by Crippen LogP contribution is 2.34. The lowest BCUT2D eigenvalue weighted by Crippen LogP contribution is -2.48. The summed E-state index contributed by atoms with van der Waals surface area (Å²) in [7, 11) is -2.27. The minimum atomic E-state index is -3.95. The first kappa shape index (κ1) is 37.7. The van der Waals surface area contributed by atoms with Gasteiger partial charge >= 0.3 is 6.03 Å². The number of carbonyl (C=O) groups excluding carboxylic acids is 2. The maximum Gasteiger partial charge on any atom is 0.321 e. The zero-order valence-electron chi connectivity index (χ0n) is 29.8. The summed E-state index contributed by atoms with van der Waals surface area (Å²) in [6.45, 7) is 8.14. The molecule has 0 saturated heterocycles. The second-order valence-electron chi connectivity index (χ2n) is 13.3. The monoisotopic (exact) mass is 724 g/mol. The number of ether oxygens (including phenoxy) is 4. The second kappa shape index (κ2) is 16.7. The summed E-state index contributed by atoms with van der Waals surface area (Å²) in [5, 5.41) is 13.2. The number of amides is 3. The summed E-state index contributed by atoms with van der Waals surface area (Å²) in [5.74, 6) is 0.768. The van der Waals surface area contributed by atoms with Crippen LogP contribution < -0.4 is 24.2 Å². The molecule has 0 unspecified atom stereocenters. The minimum Gasteiger partial charge on any atom is -0.490 e. The van der Waals surface area contributed by atoms with Crippen molar-refractivity contribution in [2.75, 3.05) is 50.2 Å². The molecule has 0 radical (unpaired) electrons. The molecule has 13 nitrogen and oxygen atoms in total. The lowest BCUT2D eigenvalue weighted by molar-refractivity contribution is -0.0115. The van der Waals surface area contributed by atoms with E-state index in [0.717, 1.165) is 18.4 Å². The van der Waals surface area contributed by atoms with Gasteiger partial charge in [-0.3, -0.25) is 9.52 Å². The van der Waals surface area contributed by atoms with E-state index in [1.807, 2.05) is 20.8 Å². The quantitative estimate of drug-likeness (QED) is 0.274. The number of fused-ring (bicyclic) bond motifs is 2. The minimum absolute atomic E-state index is 0.0920. The molecular weight excluding hydrogens is 676 g/mol. The van der Waals surface area contributed by atoms with Gasteiger partial charge in [-0.1, -0.05) is 24.6 Å². The lowest BCUT2D eigenvalue weighted by Gasteiger charge is -2.35. The molecule has 2 aliphatic rings. The largest absolute Gasteiger partial charge is 0.490 e. The number of sulfonamides is 1. The van der Waals surface area contributed by atoms with Gasteiger partial charge in [-0.2, -0.15) is 0 Å². The predicted molar refractivity (Wildman–Crippen MR) is 193 cm³/mol. The third-order valence-electron chi connectivity index (χ3n) is 9.06. The Hall–Kier alpha value is -4.53. The molecule has 14 heteroatoms. The van der Waals surface area contributed by atoms with Crippen LogP contribution in [0.5, 0.6) is 17.2 Å². The maximum atomic E-state index is 14.4. The van der Waals surface area contributed by atoms with Crippen LogP contribution in [0.1, 0.15) is 56.0 Å². The van der Waals surface area contributed by atoms with E-state index >= 15 is 0 Å². The number of nitrogens with zero attached hydrogens (tertiary/aromatic N) is 2. The number of hydrogen-bond donors (Lipinski definition) is 3. The van der Waals surface area contributed by atoms with Crippen LogP contribution in [-0.2, 0) is 14.8 Å². The van der Waals surface area contributed by atoms with Crippen LogP contribution in [0.2, 0.25) is 0 Å². The molecule has 3 N–H and O–H groups in total. The van der Waals surface area contributed by atoms with E-state index in [0.29, 0.717) is 36.0 Å². The fourth-order valence-electron chi connectivity index (χ4n) is 5.93. The first-order valence-electron chi connectivity index (χ1n) is 17.2. The highest BCUT2D eigenvalue weighted by molar-refractivity contribution is 7.92. The van der Waals surface area contributed by atoms with Crippen molar-refractivity contribution < 1.29 is 42.1 Å². The maximum absolute atomic E-state index is 14.4. The number of aryl methyl sites for hydroxylation is 1. The molecule has 3 amide bonds. The van der Waals surface area contributed by atoms with E-state index < -0.39 is 28.1 Å². The predicted octanol–water partition coefficient (Wildman–Crippen LogP) is 5.48. The summed E-state index contributed by atoms with van der Waals surface area (Å²) < 4.78 is 52.5. The van der Waals surface area contributed by atoms with Gasteiger partial charge in [0.15, 0.2) is 11.5 Å². The highest BCUT2D eigenvalue weighted by atomic mass is 32.2. The van der Waals surface area contributed by atoms with Crippen LogP contribution in [0, 0.1) is 12.8 Å². The number of carbonyl (C=O) groups is 2. The molecule has 3 aromatic rings. The lowest BCUT2D eigenvalue weighted by atomic mass is 10.0. The smallest absolute Gasteiger partial charge is 0.321 e. The molecular formula is C37H48N4O9S. The molecule has 0 saturated carbocycles. The van der Waals surface area contributed by atoms with Gasteiger partial charge in [0.2, 0.25) is 6.79 Å². The Balaban J connectivity index is 1.39. The van der Waals surface area contributed by atoms with E-state index in [1.165, 1.54) is 23.1 Å². The third kappa shape index (κ3) is 9.63. The molecule has 276 valence electrons. The summed E-state index contributed by atoms with van der Waals surface area (Å²) in [6.07, 6.45) is 1.54. The Kier molecular flexibility index (Phi) is 12.3. The van der Waals surface area contributed by atoms with E-state index in [1.54, 1.807) is 61.3 Å². The van der Waals surface area contributed by atoms with Crippen molar-refractivity contribution in [2.24, 2.45) is 5.92 Å². The van der Waals surface area contributed by atoms with Gasteiger partial charge in [-0.15, -0.1) is 0 Å². The standard InChI is InChI=1S/C37H48N4O9S/c1-24-9-13-30(14-10-24)51(45,46)39-29-12-15-32-31(18-29)36(43)41(26(3)22-42)20-25(2)35(47-17-7-6-8-27(4)50-32)21-40(5)37(44)38-28-11-16-33-34(19-28)49-23-48-33/h9-16,18-19,25-27,35,39,42H,6-8,17,20-23H2,1-5H3,(H,38,44)/t25-,26+,27-,35-/m0/s1. The molecule has 0 aliphatic carbocycles. The zero-order chi connectivity index (χ0) is 36.7. The molecule has 5 rings (SSSR count). The van der Waals surface area contributed by atoms with Gasteiger partial charge < -0.3 is 39.2 Å². The molecule has 2 heterocycles. The number of benzene rings is 3. The summed E-state index contributed by atoms with van der Waals surface area (Å²) >= 11 is 0. The Bertz CT molecular complexity index is 1790. The van der Waals surface area contributed by atoms with Crippen molar-refractivity contribution in [3.8, 4) is 17.2 Å². The number of aliphatic hydroxyl groups is 1. The van der Waals surface area contributed by atoms with E-state index in [9.17, 15) is 23.1 Å². The van der Waals surface area contributed by atoms with E-state index in [4.69, 9.17) is 18.9 Å². The molecule has 0 aromatic heterocycles. The summed E-state index contributed by atoms with van der Waals surface area (Å²) in [4.78, 5) is 30.9. The topological polar surface area (TPSA) is 156 Å². The molecule has 51 heavy (non-hydrogen) atoms. The van der Waals surface area contributed by atoms with Crippen LogP contribution in [0.15, 0.2) is 65.6 Å². The van der Waals surface area contributed by atoms with Crippen LogP contribution >= 0.6 is 0 Å². The van der Waals surface area contributed by atoms with Gasteiger partial charge in [0.1, 0.15) is 5.75 Å². The van der Waals surface area contributed by atoms with Crippen molar-refractivity contribution >= 4 is 33.3 Å². The fraction of sp³-hybridized carbons (Fsp3) is 0.459. The van der Waals surface area contributed by atoms with Crippen LogP contribution in [0.3, 0.4) is 0 Å². The Morgan fingerprint density at radius 2 is 1.71 bits per heavy atom. The van der Waals surface area contributed by atoms with Crippen LogP contribution in [0.25, 0.3) is 0 Å². The molecule has 0 bridgehead atoms. The van der Waals surface area contributed by atoms with Crippen molar-refractivity contribution in [3.63, 3.8) is 0 Å². The van der Waals surface area contributed by atoms with Crippen molar-refractivity contribution in [1.29, 1.82) is 0 Å². The van der Waals surface area contributed by atoms with Crippen molar-refractivity contribution in [2.45, 2.75) is 70.1 Å². The Labute approximate surface area is 299 Å². The molecule has 2 aliphatic heterocycles. The van der Waals surface area contributed by atoms with Gasteiger partial charge in [0.05, 0.1) is 35.3 Å². The van der Waals surface area contributed by atoms with Gasteiger partial charge in [-0.25, -0.2) is 13.2 Å². The number of rotatable bonds is 8. The van der Waals surface area contributed by atoms with Crippen LogP contribution in [-0.4, -0.2) is 93.7 Å².